The quantitative estimate of drug-likeness (QED) is 0.207. The first kappa shape index (κ1) is 23.5. The van der Waals surface area contributed by atoms with E-state index in [1.54, 1.807) is 61.5 Å². The molecule has 0 spiro atoms. The lowest BCUT2D eigenvalue weighted by Crippen LogP contribution is -2.42. The zero-order chi connectivity index (χ0) is 25.2. The lowest BCUT2D eigenvalue weighted by atomic mass is 10.0. The van der Waals surface area contributed by atoms with Crippen LogP contribution in [0.4, 0.5) is 5.69 Å². The smallest absolute Gasteiger partial charge is 0.338 e. The van der Waals surface area contributed by atoms with Gasteiger partial charge in [0, 0.05) is 24.3 Å². The molecule has 0 unspecified atom stereocenters. The van der Waals surface area contributed by atoms with Crippen LogP contribution in [0.15, 0.2) is 72.8 Å². The Labute approximate surface area is 209 Å². The molecule has 0 aromatic heterocycles. The minimum Gasteiger partial charge on any atom is -0.462 e. The predicted molar refractivity (Wildman–Crippen MR) is 134 cm³/mol. The number of ketones is 1. The van der Waals surface area contributed by atoms with Crippen LogP contribution in [0.1, 0.15) is 60.3 Å². The number of esters is 1. The van der Waals surface area contributed by atoms with Crippen LogP contribution in [0.5, 0.6) is 0 Å². The lowest BCUT2D eigenvalue weighted by Gasteiger charge is -2.22. The van der Waals surface area contributed by atoms with E-state index in [0.717, 1.165) is 35.7 Å². The van der Waals surface area contributed by atoms with E-state index in [1.807, 2.05) is 18.2 Å². The molecule has 0 aliphatic carbocycles. The van der Waals surface area contributed by atoms with E-state index in [1.165, 1.54) is 0 Å². The maximum atomic E-state index is 13.2. The second-order valence-electron chi connectivity index (χ2n) is 9.00. The minimum atomic E-state index is -0.896. The first-order chi connectivity index (χ1) is 17.5. The highest BCUT2D eigenvalue weighted by atomic mass is 16.5. The lowest BCUT2D eigenvalue weighted by molar-refractivity contribution is 0.0501. The first-order valence-electron chi connectivity index (χ1n) is 12.1. The normalized spacial score (nSPS) is 15.0. The van der Waals surface area contributed by atoms with Gasteiger partial charge in [0.05, 0.1) is 23.3 Å². The van der Waals surface area contributed by atoms with Crippen LogP contribution in [-0.2, 0) is 11.2 Å². The highest BCUT2D eigenvalue weighted by Crippen LogP contribution is 2.31. The van der Waals surface area contributed by atoms with Gasteiger partial charge in [0.2, 0.25) is 0 Å². The van der Waals surface area contributed by atoms with E-state index in [9.17, 15) is 19.2 Å². The second-order valence-corrected chi connectivity index (χ2v) is 9.00. The molecule has 0 saturated heterocycles. The molecule has 36 heavy (non-hydrogen) atoms. The summed E-state index contributed by atoms with van der Waals surface area (Å²) in [4.78, 5) is 54.2. The molecule has 3 aromatic carbocycles. The zero-order valence-corrected chi connectivity index (χ0v) is 20.0. The van der Waals surface area contributed by atoms with Crippen LogP contribution in [0, 0.1) is 0 Å². The number of hydrogen-bond acceptors (Lipinski definition) is 6. The van der Waals surface area contributed by atoms with Gasteiger partial charge in [-0.2, -0.15) is 0 Å². The van der Waals surface area contributed by atoms with Crippen LogP contribution >= 0.6 is 0 Å². The summed E-state index contributed by atoms with van der Waals surface area (Å²) >= 11 is 0. The average molecular weight is 483 g/mol. The Morgan fingerprint density at radius 2 is 1.56 bits per heavy atom. The van der Waals surface area contributed by atoms with Crippen LogP contribution in [0.3, 0.4) is 0 Å². The van der Waals surface area contributed by atoms with Gasteiger partial charge in [-0.15, -0.1) is 0 Å². The third kappa shape index (κ3) is 4.28. The number of ether oxygens (including phenoxy) is 1. The second kappa shape index (κ2) is 9.77. The van der Waals surface area contributed by atoms with Crippen LogP contribution in [0.25, 0.3) is 0 Å². The molecule has 0 N–H and O–H groups in total. The van der Waals surface area contributed by atoms with Crippen molar-refractivity contribution < 1.29 is 23.9 Å². The van der Waals surface area contributed by atoms with Crippen molar-refractivity contribution in [3.8, 4) is 0 Å². The maximum Gasteiger partial charge on any atom is 0.338 e. The molecule has 0 fully saturated rings. The number of nitrogens with zero attached hydrogens (tertiary/aromatic N) is 2. The van der Waals surface area contributed by atoms with E-state index in [4.69, 9.17) is 4.74 Å². The molecule has 0 radical (unpaired) electrons. The Kier molecular flexibility index (Phi) is 6.38. The van der Waals surface area contributed by atoms with Crippen molar-refractivity contribution in [2.45, 2.75) is 25.8 Å². The molecule has 2 aliphatic rings. The molecule has 2 aliphatic heterocycles. The van der Waals surface area contributed by atoms with Crippen LogP contribution in [0.2, 0.25) is 0 Å². The molecule has 0 bridgehead atoms. The van der Waals surface area contributed by atoms with E-state index in [-0.39, 0.29) is 11.8 Å². The molecule has 5 rings (SSSR count). The average Bonchev–Trinajstić information content (AvgIpc) is 3.43. The van der Waals surface area contributed by atoms with Crippen molar-refractivity contribution in [2.24, 2.45) is 0 Å². The van der Waals surface area contributed by atoms with Crippen molar-refractivity contribution in [1.82, 2.24) is 4.90 Å². The number of carbonyl (C=O) groups excluding carboxylic acids is 4. The largest absolute Gasteiger partial charge is 0.462 e. The van der Waals surface area contributed by atoms with Gasteiger partial charge < -0.3 is 9.64 Å². The standard InChI is InChI=1S/C29H26N2O5/c1-19(31-27(33)23-10-5-6-11-24(23)28(31)34)26(32)22-12-13-25-21(18-22)14-16-30(25)15-7-17-36-29(35)20-8-3-2-4-9-20/h2-6,8-13,18-19H,7,14-17H2,1H3/t19-/m1/s1. The Bertz CT molecular complexity index is 1320. The van der Waals surface area contributed by atoms with E-state index in [2.05, 4.69) is 4.90 Å². The third-order valence-electron chi connectivity index (χ3n) is 6.76. The van der Waals surface area contributed by atoms with Crippen molar-refractivity contribution in [1.29, 1.82) is 0 Å². The van der Waals surface area contributed by atoms with Crippen LogP contribution < -0.4 is 4.90 Å². The van der Waals surface area contributed by atoms with Gasteiger partial charge >= 0.3 is 5.97 Å². The third-order valence-corrected chi connectivity index (χ3v) is 6.76. The highest BCUT2D eigenvalue weighted by molar-refractivity contribution is 6.23. The van der Waals surface area contributed by atoms with Gasteiger partial charge in [-0.1, -0.05) is 30.3 Å². The van der Waals surface area contributed by atoms with E-state index in [0.29, 0.717) is 35.3 Å². The molecule has 0 saturated carbocycles. The van der Waals surface area contributed by atoms with E-state index >= 15 is 0 Å². The Hall–Kier alpha value is -4.26. The SMILES string of the molecule is C[C@H](C(=O)c1ccc2c(c1)CCN2CCCOC(=O)c1ccccc1)N1C(=O)c2ccccc2C1=O. The Morgan fingerprint density at radius 3 is 2.25 bits per heavy atom. The minimum absolute atomic E-state index is 0.265. The number of Topliss-reactive ketones (excluding diaryl/α,β-unsaturated/α-hetero) is 1. The summed E-state index contributed by atoms with van der Waals surface area (Å²) in [5.74, 6) is -1.46. The Morgan fingerprint density at radius 1 is 0.889 bits per heavy atom. The Balaban J connectivity index is 1.20. The van der Waals surface area contributed by atoms with Gasteiger partial charge in [-0.25, -0.2) is 4.79 Å². The first-order valence-corrected chi connectivity index (χ1v) is 12.1. The molecule has 3 aromatic rings. The molecule has 7 heteroatoms. The van der Waals surface area contributed by atoms with Crippen LogP contribution in [-0.4, -0.2) is 54.2 Å². The topological polar surface area (TPSA) is 84.0 Å². The number of amides is 2. The van der Waals surface area contributed by atoms with E-state index < -0.39 is 17.9 Å². The molecule has 1 atom stereocenters. The zero-order valence-electron chi connectivity index (χ0n) is 20.0. The van der Waals surface area contributed by atoms with Gasteiger partial charge in [-0.3, -0.25) is 19.3 Å². The summed E-state index contributed by atoms with van der Waals surface area (Å²) < 4.78 is 5.37. The van der Waals surface area contributed by atoms with Gasteiger partial charge in [0.25, 0.3) is 11.8 Å². The molecular weight excluding hydrogens is 456 g/mol. The van der Waals surface area contributed by atoms with Crippen molar-refractivity contribution in [2.75, 3.05) is 24.6 Å². The van der Waals surface area contributed by atoms with Gasteiger partial charge in [-0.05, 0) is 67.8 Å². The fourth-order valence-corrected chi connectivity index (χ4v) is 4.85. The van der Waals surface area contributed by atoms with Crippen molar-refractivity contribution in [3.05, 3.63) is 101 Å². The summed E-state index contributed by atoms with van der Waals surface area (Å²) in [7, 11) is 0. The predicted octanol–water partition coefficient (Wildman–Crippen LogP) is 4.16. The van der Waals surface area contributed by atoms with Gasteiger partial charge in [0.15, 0.2) is 5.78 Å². The van der Waals surface area contributed by atoms with Gasteiger partial charge in [0.1, 0.15) is 6.04 Å². The monoisotopic (exact) mass is 482 g/mol. The fraction of sp³-hybridized carbons (Fsp3) is 0.241. The molecule has 7 nitrogen and oxygen atoms in total. The number of benzene rings is 3. The summed E-state index contributed by atoms with van der Waals surface area (Å²) in [6.45, 7) is 3.47. The number of fused-ring (bicyclic) bond motifs is 2. The molecular formula is C29H26N2O5. The number of imide groups is 1. The van der Waals surface area contributed by atoms with Crippen molar-refractivity contribution in [3.63, 3.8) is 0 Å². The number of anilines is 1. The summed E-state index contributed by atoms with van der Waals surface area (Å²) in [5.41, 5.74) is 3.79. The molecule has 182 valence electrons. The number of hydrogen-bond donors (Lipinski definition) is 0. The summed E-state index contributed by atoms with van der Waals surface area (Å²) in [6.07, 6.45) is 1.48. The summed E-state index contributed by atoms with van der Waals surface area (Å²) in [5, 5.41) is 0. The summed E-state index contributed by atoms with van der Waals surface area (Å²) in [6, 6.07) is 20.2. The fourth-order valence-electron chi connectivity index (χ4n) is 4.85. The maximum absolute atomic E-state index is 13.2. The number of carbonyl (C=O) groups is 4. The molecule has 2 amide bonds. The highest BCUT2D eigenvalue weighted by Gasteiger charge is 2.40. The molecule has 2 heterocycles. The number of rotatable bonds is 8. The van der Waals surface area contributed by atoms with Crippen molar-refractivity contribution >= 4 is 29.3 Å².